The lowest BCUT2D eigenvalue weighted by molar-refractivity contribution is -0.164. The Morgan fingerprint density at radius 1 is 1.09 bits per heavy atom. The standard InChI is InChI=1S/C19H29NO2/c1-2-3-4-5-9-12-18(21)22-19(13-15-20-16-14-19)17-10-7-6-8-11-17/h6-8,10-11,20H,2-5,9,12-16H2,1H3. The van der Waals surface area contributed by atoms with E-state index in [-0.39, 0.29) is 5.97 Å². The Morgan fingerprint density at radius 2 is 1.77 bits per heavy atom. The maximum Gasteiger partial charge on any atom is 0.306 e. The van der Waals surface area contributed by atoms with E-state index in [9.17, 15) is 4.79 Å². The summed E-state index contributed by atoms with van der Waals surface area (Å²) in [6.07, 6.45) is 8.05. The molecule has 2 rings (SSSR count). The van der Waals surface area contributed by atoms with E-state index in [0.717, 1.165) is 44.3 Å². The van der Waals surface area contributed by atoms with Crippen LogP contribution in [0, 0.1) is 0 Å². The number of ether oxygens (including phenoxy) is 1. The molecule has 0 unspecified atom stereocenters. The van der Waals surface area contributed by atoms with E-state index in [2.05, 4.69) is 24.4 Å². The molecule has 1 aliphatic heterocycles. The zero-order valence-corrected chi connectivity index (χ0v) is 13.8. The van der Waals surface area contributed by atoms with Crippen LogP contribution >= 0.6 is 0 Å². The van der Waals surface area contributed by atoms with Crippen molar-refractivity contribution in [2.24, 2.45) is 0 Å². The number of rotatable bonds is 8. The molecule has 0 aromatic heterocycles. The van der Waals surface area contributed by atoms with Gasteiger partial charge in [0.25, 0.3) is 0 Å². The summed E-state index contributed by atoms with van der Waals surface area (Å²) in [5.74, 6) is -0.0396. The Balaban J connectivity index is 1.91. The van der Waals surface area contributed by atoms with Crippen LogP contribution in [0.5, 0.6) is 0 Å². The molecule has 1 fully saturated rings. The molecule has 122 valence electrons. The molecule has 0 atom stereocenters. The Bertz CT molecular complexity index is 438. The first-order chi connectivity index (χ1) is 10.8. The van der Waals surface area contributed by atoms with Gasteiger partial charge in [-0.3, -0.25) is 4.79 Å². The number of nitrogens with one attached hydrogen (secondary N) is 1. The SMILES string of the molecule is CCCCCCCC(=O)OC1(c2ccccc2)CCNCC1. The van der Waals surface area contributed by atoms with Crippen LogP contribution in [0.1, 0.15) is 63.9 Å². The van der Waals surface area contributed by atoms with E-state index in [1.165, 1.54) is 19.3 Å². The van der Waals surface area contributed by atoms with Gasteiger partial charge in [-0.15, -0.1) is 0 Å². The van der Waals surface area contributed by atoms with Gasteiger partial charge in [0.15, 0.2) is 0 Å². The first-order valence-corrected chi connectivity index (χ1v) is 8.75. The molecule has 0 aliphatic carbocycles. The summed E-state index contributed by atoms with van der Waals surface area (Å²) in [5, 5.41) is 3.36. The van der Waals surface area contributed by atoms with Crippen molar-refractivity contribution in [1.82, 2.24) is 5.32 Å². The molecule has 0 saturated carbocycles. The molecule has 3 nitrogen and oxygen atoms in total. The van der Waals surface area contributed by atoms with E-state index < -0.39 is 5.60 Å². The average Bonchev–Trinajstić information content (AvgIpc) is 2.56. The van der Waals surface area contributed by atoms with Gasteiger partial charge >= 0.3 is 5.97 Å². The molecule has 1 aromatic rings. The quantitative estimate of drug-likeness (QED) is 0.578. The van der Waals surface area contributed by atoms with Gasteiger partial charge in [0.1, 0.15) is 5.60 Å². The van der Waals surface area contributed by atoms with Crippen molar-refractivity contribution < 1.29 is 9.53 Å². The summed E-state index contributed by atoms with van der Waals surface area (Å²) in [6.45, 7) is 4.01. The highest BCUT2D eigenvalue weighted by atomic mass is 16.6. The number of carbonyl (C=O) groups excluding carboxylic acids is 1. The van der Waals surface area contributed by atoms with Gasteiger partial charge in [0.2, 0.25) is 0 Å². The molecule has 3 heteroatoms. The van der Waals surface area contributed by atoms with E-state index in [4.69, 9.17) is 4.74 Å². The molecule has 1 aromatic carbocycles. The molecule has 22 heavy (non-hydrogen) atoms. The molecule has 0 amide bonds. The topological polar surface area (TPSA) is 38.3 Å². The van der Waals surface area contributed by atoms with Gasteiger partial charge < -0.3 is 10.1 Å². The lowest BCUT2D eigenvalue weighted by Gasteiger charge is -2.37. The van der Waals surface area contributed by atoms with Crippen LogP contribution in [0.3, 0.4) is 0 Å². The van der Waals surface area contributed by atoms with Gasteiger partial charge in [0.05, 0.1) is 0 Å². The number of unbranched alkanes of at least 4 members (excludes halogenated alkanes) is 4. The monoisotopic (exact) mass is 303 g/mol. The van der Waals surface area contributed by atoms with Crippen LogP contribution in [0.2, 0.25) is 0 Å². The summed E-state index contributed by atoms with van der Waals surface area (Å²) in [6, 6.07) is 10.2. The minimum Gasteiger partial charge on any atom is -0.454 e. The second-order valence-corrected chi connectivity index (χ2v) is 6.25. The van der Waals surface area contributed by atoms with Crippen molar-refractivity contribution in [1.29, 1.82) is 0 Å². The minimum atomic E-state index is -0.424. The van der Waals surface area contributed by atoms with E-state index in [1.54, 1.807) is 0 Å². The summed E-state index contributed by atoms with van der Waals surface area (Å²) < 4.78 is 5.99. The van der Waals surface area contributed by atoms with E-state index >= 15 is 0 Å². The zero-order valence-electron chi connectivity index (χ0n) is 13.8. The Kier molecular flexibility index (Phi) is 6.91. The van der Waals surface area contributed by atoms with Crippen LogP contribution in [-0.2, 0) is 15.1 Å². The first kappa shape index (κ1) is 17.0. The molecular formula is C19H29NO2. The molecular weight excluding hydrogens is 274 g/mol. The smallest absolute Gasteiger partial charge is 0.306 e. The van der Waals surface area contributed by atoms with E-state index in [0.29, 0.717) is 6.42 Å². The molecule has 1 heterocycles. The fraction of sp³-hybridized carbons (Fsp3) is 0.632. The second-order valence-electron chi connectivity index (χ2n) is 6.25. The van der Waals surface area contributed by atoms with E-state index in [1.807, 2.05) is 18.2 Å². The van der Waals surface area contributed by atoms with Gasteiger partial charge in [-0.25, -0.2) is 0 Å². The number of piperidine rings is 1. The van der Waals surface area contributed by atoms with Crippen LogP contribution in [0.4, 0.5) is 0 Å². The van der Waals surface area contributed by atoms with Gasteiger partial charge in [0, 0.05) is 19.3 Å². The third kappa shape index (κ3) is 4.84. The van der Waals surface area contributed by atoms with Gasteiger partial charge in [-0.1, -0.05) is 62.9 Å². The number of hydrogen-bond donors (Lipinski definition) is 1. The normalized spacial score (nSPS) is 17.1. The largest absolute Gasteiger partial charge is 0.454 e. The highest BCUT2D eigenvalue weighted by molar-refractivity contribution is 5.70. The Hall–Kier alpha value is -1.35. The van der Waals surface area contributed by atoms with Crippen LogP contribution in [0.25, 0.3) is 0 Å². The zero-order chi connectivity index (χ0) is 15.7. The third-order valence-electron chi connectivity index (χ3n) is 4.50. The summed E-state index contributed by atoms with van der Waals surface area (Å²) >= 11 is 0. The van der Waals surface area contributed by atoms with Crippen molar-refractivity contribution in [3.05, 3.63) is 35.9 Å². The summed E-state index contributed by atoms with van der Waals surface area (Å²) in [5.41, 5.74) is 0.711. The molecule has 0 spiro atoms. The van der Waals surface area contributed by atoms with Gasteiger partial charge in [-0.05, 0) is 25.1 Å². The fourth-order valence-electron chi connectivity index (χ4n) is 3.16. The molecule has 0 radical (unpaired) electrons. The highest BCUT2D eigenvalue weighted by Crippen LogP contribution is 2.35. The first-order valence-electron chi connectivity index (χ1n) is 8.75. The summed E-state index contributed by atoms with van der Waals surface area (Å²) in [4.78, 5) is 12.3. The number of carbonyl (C=O) groups is 1. The van der Waals surface area contributed by atoms with Crippen molar-refractivity contribution >= 4 is 5.97 Å². The molecule has 1 saturated heterocycles. The van der Waals surface area contributed by atoms with Crippen molar-refractivity contribution in [3.63, 3.8) is 0 Å². The third-order valence-corrected chi connectivity index (χ3v) is 4.50. The van der Waals surface area contributed by atoms with Crippen LogP contribution in [-0.4, -0.2) is 19.1 Å². The maximum absolute atomic E-state index is 12.3. The Morgan fingerprint density at radius 3 is 2.45 bits per heavy atom. The Labute approximate surface area is 134 Å². The fourth-order valence-corrected chi connectivity index (χ4v) is 3.16. The van der Waals surface area contributed by atoms with Crippen molar-refractivity contribution in [3.8, 4) is 0 Å². The predicted octanol–water partition coefficient (Wildman–Crippen LogP) is 4.17. The lowest BCUT2D eigenvalue weighted by Crippen LogP contribution is -2.43. The van der Waals surface area contributed by atoms with Gasteiger partial charge in [-0.2, -0.15) is 0 Å². The lowest BCUT2D eigenvalue weighted by atomic mass is 9.84. The molecule has 1 N–H and O–H groups in total. The predicted molar refractivity (Wildman–Crippen MR) is 89.7 cm³/mol. The average molecular weight is 303 g/mol. The molecule has 1 aliphatic rings. The minimum absolute atomic E-state index is 0.0396. The number of hydrogen-bond acceptors (Lipinski definition) is 3. The van der Waals surface area contributed by atoms with Crippen molar-refractivity contribution in [2.45, 2.75) is 63.9 Å². The maximum atomic E-state index is 12.3. The summed E-state index contributed by atoms with van der Waals surface area (Å²) in [7, 11) is 0. The highest BCUT2D eigenvalue weighted by Gasteiger charge is 2.37. The number of esters is 1. The van der Waals surface area contributed by atoms with Crippen LogP contribution < -0.4 is 5.32 Å². The number of benzene rings is 1. The van der Waals surface area contributed by atoms with Crippen LogP contribution in [0.15, 0.2) is 30.3 Å². The van der Waals surface area contributed by atoms with Crippen molar-refractivity contribution in [2.75, 3.05) is 13.1 Å². The second kappa shape index (κ2) is 8.94. The molecule has 0 bridgehead atoms.